The molecule has 4 heteroatoms. The van der Waals surface area contributed by atoms with Crippen LogP contribution in [-0.2, 0) is 19.3 Å². The number of nitrogens with zero attached hydrogens (tertiary/aromatic N) is 1. The summed E-state index contributed by atoms with van der Waals surface area (Å²) in [6.45, 7) is 0. The Hall–Kier alpha value is -1.91. The summed E-state index contributed by atoms with van der Waals surface area (Å²) in [6, 6.07) is 10.7. The molecule has 3 rings (SSSR count). The van der Waals surface area contributed by atoms with E-state index >= 15 is 0 Å². The van der Waals surface area contributed by atoms with Crippen LogP contribution in [0.2, 0.25) is 0 Å². The Morgan fingerprint density at radius 3 is 2.50 bits per heavy atom. The van der Waals surface area contributed by atoms with Gasteiger partial charge >= 0.3 is 0 Å². The Bertz CT molecular complexity index is 572. The number of hydrazine groups is 1. The maximum Gasteiger partial charge on any atom is 0.0378 e. The van der Waals surface area contributed by atoms with Crippen LogP contribution in [0.1, 0.15) is 16.7 Å². The Morgan fingerprint density at radius 1 is 1.20 bits per heavy atom. The van der Waals surface area contributed by atoms with Crippen molar-refractivity contribution in [2.45, 2.75) is 25.3 Å². The first kappa shape index (κ1) is 13.1. The lowest BCUT2D eigenvalue weighted by molar-refractivity contribution is 0.367. The van der Waals surface area contributed by atoms with E-state index in [9.17, 15) is 0 Å². The average Bonchev–Trinajstić information content (AvgIpc) is 2.90. The molecule has 0 fully saturated rings. The highest BCUT2D eigenvalue weighted by molar-refractivity contribution is 5.45. The highest BCUT2D eigenvalue weighted by Crippen LogP contribution is 2.30. The monoisotopic (exact) mass is 268 g/mol. The number of nitrogen functional groups attached to an aromatic ring is 1. The van der Waals surface area contributed by atoms with E-state index in [0.717, 1.165) is 30.5 Å². The van der Waals surface area contributed by atoms with Gasteiger partial charge in [0.15, 0.2) is 0 Å². The van der Waals surface area contributed by atoms with E-state index < -0.39 is 0 Å². The molecule has 2 aromatic rings. The smallest absolute Gasteiger partial charge is 0.0378 e. The largest absolute Gasteiger partial charge is 0.398 e. The number of fused-ring (bicyclic) bond motifs is 1. The zero-order valence-electron chi connectivity index (χ0n) is 11.4. The second-order valence-electron chi connectivity index (χ2n) is 5.49. The summed E-state index contributed by atoms with van der Waals surface area (Å²) in [6.07, 6.45) is 6.52. The third-order valence-corrected chi connectivity index (χ3v) is 4.25. The molecular formula is C16H20N4. The van der Waals surface area contributed by atoms with Crippen LogP contribution < -0.4 is 17.0 Å². The molecule has 4 nitrogen and oxygen atoms in total. The minimum atomic E-state index is 0.217. The fourth-order valence-corrected chi connectivity index (χ4v) is 3.08. The van der Waals surface area contributed by atoms with Gasteiger partial charge in [-0.1, -0.05) is 24.3 Å². The lowest BCUT2D eigenvalue weighted by Gasteiger charge is -2.23. The molecular weight excluding hydrogens is 248 g/mol. The van der Waals surface area contributed by atoms with Crippen LogP contribution in [0.4, 0.5) is 5.69 Å². The van der Waals surface area contributed by atoms with Gasteiger partial charge in [-0.15, -0.1) is 0 Å². The molecule has 0 bridgehead atoms. The van der Waals surface area contributed by atoms with E-state index in [1.54, 1.807) is 6.20 Å². The number of nitrogens with one attached hydrogen (secondary N) is 1. The van der Waals surface area contributed by atoms with Crippen molar-refractivity contribution in [3.8, 4) is 0 Å². The van der Waals surface area contributed by atoms with Crippen LogP contribution >= 0.6 is 0 Å². The normalized spacial score (nSPS) is 16.1. The zero-order valence-corrected chi connectivity index (χ0v) is 11.4. The molecule has 0 saturated carbocycles. The van der Waals surface area contributed by atoms with Crippen molar-refractivity contribution in [1.29, 1.82) is 0 Å². The SMILES string of the molecule is NNC(Cc1cnccc1N)C1Cc2ccccc2C1. The molecule has 0 amide bonds. The summed E-state index contributed by atoms with van der Waals surface area (Å²) in [4.78, 5) is 4.15. The summed E-state index contributed by atoms with van der Waals surface area (Å²) < 4.78 is 0. The first-order valence-corrected chi connectivity index (χ1v) is 6.99. The Balaban J connectivity index is 1.74. The second kappa shape index (κ2) is 5.61. The highest BCUT2D eigenvalue weighted by Gasteiger charge is 2.28. The first-order valence-electron chi connectivity index (χ1n) is 6.99. The summed E-state index contributed by atoms with van der Waals surface area (Å²) in [5.74, 6) is 6.29. The topological polar surface area (TPSA) is 77.0 Å². The molecule has 1 aromatic carbocycles. The summed E-state index contributed by atoms with van der Waals surface area (Å²) in [7, 11) is 0. The molecule has 1 unspecified atom stereocenters. The van der Waals surface area contributed by atoms with Crippen LogP contribution in [0.5, 0.6) is 0 Å². The van der Waals surface area contributed by atoms with Crippen LogP contribution in [0.15, 0.2) is 42.7 Å². The van der Waals surface area contributed by atoms with E-state index in [4.69, 9.17) is 11.6 Å². The molecule has 1 aliphatic rings. The van der Waals surface area contributed by atoms with Crippen molar-refractivity contribution in [2.24, 2.45) is 11.8 Å². The number of benzene rings is 1. The molecule has 1 heterocycles. The maximum absolute atomic E-state index is 6.00. The summed E-state index contributed by atoms with van der Waals surface area (Å²) in [5.41, 5.74) is 13.7. The summed E-state index contributed by atoms with van der Waals surface area (Å²) >= 11 is 0. The number of nitrogens with two attached hydrogens (primary N) is 2. The molecule has 1 aliphatic carbocycles. The highest BCUT2D eigenvalue weighted by atomic mass is 15.2. The van der Waals surface area contributed by atoms with E-state index in [0.29, 0.717) is 5.92 Å². The number of anilines is 1. The number of aromatic nitrogens is 1. The number of pyridine rings is 1. The van der Waals surface area contributed by atoms with Crippen molar-refractivity contribution in [3.63, 3.8) is 0 Å². The van der Waals surface area contributed by atoms with Crippen LogP contribution in [0.25, 0.3) is 0 Å². The lowest BCUT2D eigenvalue weighted by atomic mass is 9.91. The molecule has 0 saturated heterocycles. The van der Waals surface area contributed by atoms with E-state index in [2.05, 4.69) is 34.7 Å². The van der Waals surface area contributed by atoms with E-state index in [-0.39, 0.29) is 6.04 Å². The first-order chi connectivity index (χ1) is 9.78. The second-order valence-corrected chi connectivity index (χ2v) is 5.49. The number of hydrogen-bond donors (Lipinski definition) is 3. The zero-order chi connectivity index (χ0) is 13.9. The van der Waals surface area contributed by atoms with Gasteiger partial charge in [0.1, 0.15) is 0 Å². The van der Waals surface area contributed by atoms with Crippen molar-refractivity contribution >= 4 is 5.69 Å². The predicted molar refractivity (Wildman–Crippen MR) is 80.8 cm³/mol. The van der Waals surface area contributed by atoms with Crippen molar-refractivity contribution in [1.82, 2.24) is 10.4 Å². The summed E-state index contributed by atoms with van der Waals surface area (Å²) in [5, 5.41) is 0. The molecule has 1 aromatic heterocycles. The van der Waals surface area contributed by atoms with Gasteiger partial charge in [0.05, 0.1) is 0 Å². The van der Waals surface area contributed by atoms with Crippen LogP contribution in [0.3, 0.4) is 0 Å². The van der Waals surface area contributed by atoms with Gasteiger partial charge in [-0.05, 0) is 47.9 Å². The standard InChI is InChI=1S/C16H20N4/c17-15-5-6-19-10-14(15)9-16(20-18)13-7-11-3-1-2-4-12(11)8-13/h1-6,10,13,16,20H,7-9,18H2,(H2,17,19). The third kappa shape index (κ3) is 2.53. The average molecular weight is 268 g/mol. The van der Waals surface area contributed by atoms with Crippen LogP contribution in [0, 0.1) is 5.92 Å². The van der Waals surface area contributed by atoms with Gasteiger partial charge in [0.25, 0.3) is 0 Å². The molecule has 0 aliphatic heterocycles. The third-order valence-electron chi connectivity index (χ3n) is 4.25. The molecule has 0 spiro atoms. The van der Waals surface area contributed by atoms with Crippen molar-refractivity contribution in [3.05, 3.63) is 59.4 Å². The number of hydrogen-bond acceptors (Lipinski definition) is 4. The maximum atomic E-state index is 6.00. The van der Waals surface area contributed by atoms with Gasteiger partial charge in [-0.2, -0.15) is 0 Å². The van der Waals surface area contributed by atoms with E-state index in [1.165, 1.54) is 11.1 Å². The minimum Gasteiger partial charge on any atom is -0.398 e. The molecule has 0 radical (unpaired) electrons. The quantitative estimate of drug-likeness (QED) is 0.579. The van der Waals surface area contributed by atoms with Crippen molar-refractivity contribution < 1.29 is 0 Å². The Morgan fingerprint density at radius 2 is 1.90 bits per heavy atom. The molecule has 5 N–H and O–H groups in total. The number of rotatable bonds is 4. The predicted octanol–water partition coefficient (Wildman–Crippen LogP) is 1.45. The fraction of sp³-hybridized carbons (Fsp3) is 0.312. The van der Waals surface area contributed by atoms with Gasteiger partial charge in [-0.3, -0.25) is 16.3 Å². The Kier molecular flexibility index (Phi) is 3.67. The van der Waals surface area contributed by atoms with Gasteiger partial charge in [-0.25, -0.2) is 0 Å². The van der Waals surface area contributed by atoms with Gasteiger partial charge in [0.2, 0.25) is 0 Å². The van der Waals surface area contributed by atoms with Crippen molar-refractivity contribution in [2.75, 3.05) is 5.73 Å². The van der Waals surface area contributed by atoms with Crippen LogP contribution in [-0.4, -0.2) is 11.0 Å². The van der Waals surface area contributed by atoms with Gasteiger partial charge < -0.3 is 5.73 Å². The lowest BCUT2D eigenvalue weighted by Crippen LogP contribution is -2.43. The molecule has 20 heavy (non-hydrogen) atoms. The van der Waals surface area contributed by atoms with E-state index in [1.807, 2.05) is 12.3 Å². The minimum absolute atomic E-state index is 0.217. The van der Waals surface area contributed by atoms with Gasteiger partial charge in [0, 0.05) is 24.1 Å². The Labute approximate surface area is 119 Å². The molecule has 104 valence electrons. The molecule has 1 atom stereocenters. The fourth-order valence-electron chi connectivity index (χ4n) is 3.08.